The van der Waals surface area contributed by atoms with Crippen molar-refractivity contribution in [2.24, 2.45) is 0 Å². The SMILES string of the molecule is CC(=O)OCC[N+](C)(C)C.Cc1ccc(S(=O)(=O)O)cc1. The van der Waals surface area contributed by atoms with Crippen LogP contribution in [0.2, 0.25) is 0 Å². The highest BCUT2D eigenvalue weighted by molar-refractivity contribution is 7.85. The first-order chi connectivity index (χ1) is 9.42. The summed E-state index contributed by atoms with van der Waals surface area (Å²) in [6.07, 6.45) is 0. The van der Waals surface area contributed by atoms with Gasteiger partial charge in [-0.2, -0.15) is 8.42 Å². The van der Waals surface area contributed by atoms with Crippen molar-refractivity contribution in [2.75, 3.05) is 34.3 Å². The standard InChI is InChI=1S/C7H16NO2.C7H8O3S/c1-7(9)10-6-5-8(2,3)4;1-6-2-4-7(5-3-6)11(8,9)10/h5-6H2,1-4H3;2-5H,1H3,(H,8,9,10)/q+1;. The van der Waals surface area contributed by atoms with E-state index in [0.29, 0.717) is 6.61 Å². The zero-order valence-corrected chi connectivity index (χ0v) is 14.0. The van der Waals surface area contributed by atoms with E-state index in [1.54, 1.807) is 12.1 Å². The molecule has 0 heterocycles. The highest BCUT2D eigenvalue weighted by atomic mass is 32.2. The Kier molecular flexibility index (Phi) is 7.56. The van der Waals surface area contributed by atoms with Crippen molar-refractivity contribution in [1.29, 1.82) is 0 Å². The van der Waals surface area contributed by atoms with Gasteiger partial charge in [-0.25, -0.2) is 0 Å². The van der Waals surface area contributed by atoms with Crippen molar-refractivity contribution >= 4 is 16.1 Å². The van der Waals surface area contributed by atoms with Gasteiger partial charge in [-0.15, -0.1) is 0 Å². The van der Waals surface area contributed by atoms with Gasteiger partial charge in [0.05, 0.1) is 26.0 Å². The summed E-state index contributed by atoms with van der Waals surface area (Å²) in [7, 11) is 2.16. The highest BCUT2D eigenvalue weighted by Crippen LogP contribution is 2.08. The molecule has 1 N–H and O–H groups in total. The van der Waals surface area contributed by atoms with E-state index in [1.165, 1.54) is 19.1 Å². The number of hydrogen-bond acceptors (Lipinski definition) is 4. The molecular weight excluding hydrogens is 294 g/mol. The molecule has 0 aliphatic carbocycles. The van der Waals surface area contributed by atoms with Crippen LogP contribution in [0.15, 0.2) is 29.2 Å². The lowest BCUT2D eigenvalue weighted by Gasteiger charge is -2.23. The molecule has 7 heteroatoms. The molecule has 0 bridgehead atoms. The number of quaternary nitrogens is 1. The fourth-order valence-corrected chi connectivity index (χ4v) is 1.65. The summed E-state index contributed by atoms with van der Waals surface area (Å²) in [5.41, 5.74) is 0.956. The predicted octanol–water partition coefficient (Wildman–Crippen LogP) is 1.50. The molecule has 21 heavy (non-hydrogen) atoms. The molecule has 0 fully saturated rings. The van der Waals surface area contributed by atoms with Crippen LogP contribution >= 0.6 is 0 Å². The number of rotatable bonds is 4. The third-order valence-electron chi connectivity index (χ3n) is 2.39. The summed E-state index contributed by atoms with van der Waals surface area (Å²) < 4.78 is 35.1. The van der Waals surface area contributed by atoms with Gasteiger partial charge >= 0.3 is 5.97 Å². The minimum Gasteiger partial charge on any atom is -0.460 e. The van der Waals surface area contributed by atoms with Gasteiger partial charge in [-0.3, -0.25) is 9.35 Å². The Balaban J connectivity index is 0.000000384. The third-order valence-corrected chi connectivity index (χ3v) is 3.25. The summed E-state index contributed by atoms with van der Waals surface area (Å²) in [6, 6.07) is 5.99. The van der Waals surface area contributed by atoms with E-state index in [-0.39, 0.29) is 10.9 Å². The van der Waals surface area contributed by atoms with Gasteiger partial charge in [0.15, 0.2) is 0 Å². The lowest BCUT2D eigenvalue weighted by molar-refractivity contribution is -0.870. The van der Waals surface area contributed by atoms with Crippen LogP contribution in [0.25, 0.3) is 0 Å². The summed E-state index contributed by atoms with van der Waals surface area (Å²) >= 11 is 0. The Morgan fingerprint density at radius 3 is 2.00 bits per heavy atom. The Bertz CT molecular complexity index is 544. The van der Waals surface area contributed by atoms with Gasteiger partial charge in [0.25, 0.3) is 10.1 Å². The first-order valence-electron chi connectivity index (χ1n) is 6.40. The van der Waals surface area contributed by atoms with Gasteiger partial charge in [-0.05, 0) is 19.1 Å². The van der Waals surface area contributed by atoms with E-state index in [2.05, 4.69) is 21.1 Å². The van der Waals surface area contributed by atoms with Crippen LogP contribution in [0.5, 0.6) is 0 Å². The summed E-state index contributed by atoms with van der Waals surface area (Å²) in [5.74, 6) is -0.201. The molecule has 0 saturated carbocycles. The van der Waals surface area contributed by atoms with E-state index in [9.17, 15) is 13.2 Å². The molecule has 1 rings (SSSR count). The van der Waals surface area contributed by atoms with Crippen molar-refractivity contribution in [3.8, 4) is 0 Å². The average Bonchev–Trinajstić information content (AvgIpc) is 2.26. The molecule has 120 valence electrons. The molecular formula is C14H24NO5S+. The molecule has 0 radical (unpaired) electrons. The van der Waals surface area contributed by atoms with Crippen LogP contribution in [-0.4, -0.2) is 57.7 Å². The maximum Gasteiger partial charge on any atom is 0.302 e. The smallest absolute Gasteiger partial charge is 0.302 e. The van der Waals surface area contributed by atoms with Gasteiger partial charge in [0.2, 0.25) is 0 Å². The van der Waals surface area contributed by atoms with Crippen molar-refractivity contribution in [2.45, 2.75) is 18.7 Å². The van der Waals surface area contributed by atoms with Crippen LogP contribution < -0.4 is 0 Å². The number of carbonyl (C=O) groups excluding carboxylic acids is 1. The second kappa shape index (κ2) is 8.11. The highest BCUT2D eigenvalue weighted by Gasteiger charge is 2.07. The van der Waals surface area contributed by atoms with Crippen molar-refractivity contribution in [1.82, 2.24) is 0 Å². The maximum atomic E-state index is 10.5. The quantitative estimate of drug-likeness (QED) is 0.517. The number of likely N-dealkylation sites (N-methyl/N-ethyl adjacent to an activating group) is 1. The number of aryl methyl sites for hydroxylation is 1. The largest absolute Gasteiger partial charge is 0.460 e. The van der Waals surface area contributed by atoms with E-state index in [1.807, 2.05) is 6.92 Å². The van der Waals surface area contributed by atoms with Crippen molar-refractivity contribution < 1.29 is 27.0 Å². The zero-order chi connectivity index (χ0) is 16.7. The van der Waals surface area contributed by atoms with Crippen molar-refractivity contribution in [3.05, 3.63) is 29.8 Å². The summed E-state index contributed by atoms with van der Waals surface area (Å²) in [4.78, 5) is 10.2. The lowest BCUT2D eigenvalue weighted by atomic mass is 10.2. The second-order valence-electron chi connectivity index (χ2n) is 5.64. The van der Waals surface area contributed by atoms with E-state index < -0.39 is 10.1 Å². The second-order valence-corrected chi connectivity index (χ2v) is 7.06. The molecule has 0 amide bonds. The number of nitrogens with zero attached hydrogens (tertiary/aromatic N) is 1. The van der Waals surface area contributed by atoms with Crippen LogP contribution in [-0.2, 0) is 19.6 Å². The molecule has 0 atom stereocenters. The average molecular weight is 318 g/mol. The Labute approximate surface area is 126 Å². The monoisotopic (exact) mass is 318 g/mol. The summed E-state index contributed by atoms with van der Waals surface area (Å²) in [6.45, 7) is 4.64. The molecule has 6 nitrogen and oxygen atoms in total. The zero-order valence-electron chi connectivity index (χ0n) is 13.2. The van der Waals surface area contributed by atoms with Gasteiger partial charge < -0.3 is 9.22 Å². The predicted molar refractivity (Wildman–Crippen MR) is 80.5 cm³/mol. The first-order valence-corrected chi connectivity index (χ1v) is 7.84. The van der Waals surface area contributed by atoms with E-state index in [0.717, 1.165) is 16.6 Å². The fourth-order valence-electron chi connectivity index (χ4n) is 1.17. The normalized spacial score (nSPS) is 11.3. The lowest BCUT2D eigenvalue weighted by Crippen LogP contribution is -2.37. The van der Waals surface area contributed by atoms with Gasteiger partial charge in [-0.1, -0.05) is 17.7 Å². The molecule has 0 aliphatic heterocycles. The summed E-state index contributed by atoms with van der Waals surface area (Å²) in [5, 5.41) is 0. The molecule has 0 aliphatic rings. The van der Waals surface area contributed by atoms with Crippen LogP contribution in [0.3, 0.4) is 0 Å². The van der Waals surface area contributed by atoms with Crippen LogP contribution in [0, 0.1) is 6.92 Å². The molecule has 1 aromatic carbocycles. The number of carbonyl (C=O) groups is 1. The Morgan fingerprint density at radius 2 is 1.67 bits per heavy atom. The Morgan fingerprint density at radius 1 is 1.19 bits per heavy atom. The number of ether oxygens (including phenoxy) is 1. The molecule has 0 unspecified atom stereocenters. The maximum absolute atomic E-state index is 10.5. The third kappa shape index (κ3) is 10.9. The minimum absolute atomic E-state index is 0.0666. The van der Waals surface area contributed by atoms with Gasteiger partial charge in [0.1, 0.15) is 13.2 Å². The molecule has 1 aromatic rings. The van der Waals surface area contributed by atoms with E-state index >= 15 is 0 Å². The van der Waals surface area contributed by atoms with Gasteiger partial charge in [0, 0.05) is 6.92 Å². The number of benzene rings is 1. The van der Waals surface area contributed by atoms with Crippen molar-refractivity contribution in [3.63, 3.8) is 0 Å². The van der Waals surface area contributed by atoms with Crippen LogP contribution in [0.1, 0.15) is 12.5 Å². The minimum atomic E-state index is -4.02. The van der Waals surface area contributed by atoms with E-state index in [4.69, 9.17) is 9.29 Å². The fraction of sp³-hybridized carbons (Fsp3) is 0.500. The number of esters is 1. The van der Waals surface area contributed by atoms with Crippen LogP contribution in [0.4, 0.5) is 0 Å². The Hall–Kier alpha value is -1.44. The first kappa shape index (κ1) is 19.6. The molecule has 0 saturated heterocycles. The molecule has 0 aromatic heterocycles. The molecule has 0 spiro atoms. The number of hydrogen-bond donors (Lipinski definition) is 1. The topological polar surface area (TPSA) is 80.7 Å².